The molecule has 0 saturated heterocycles. The van der Waals surface area contributed by atoms with Gasteiger partial charge in [-0.2, -0.15) is 0 Å². The van der Waals surface area contributed by atoms with Gasteiger partial charge in [0, 0.05) is 12.0 Å². The smallest absolute Gasteiger partial charge is 0.122 e. The van der Waals surface area contributed by atoms with Gasteiger partial charge in [-0.15, -0.1) is 0 Å². The lowest BCUT2D eigenvalue weighted by molar-refractivity contribution is 0.284. The van der Waals surface area contributed by atoms with Gasteiger partial charge in [-0.25, -0.2) is 0 Å². The Kier molecular flexibility index (Phi) is 5.62. The van der Waals surface area contributed by atoms with Gasteiger partial charge in [0.25, 0.3) is 0 Å². The van der Waals surface area contributed by atoms with E-state index in [-0.39, 0.29) is 5.41 Å². The Hall–Kier alpha value is -1.80. The third-order valence-corrected chi connectivity index (χ3v) is 4.61. The van der Waals surface area contributed by atoms with E-state index in [0.717, 1.165) is 25.2 Å². The molecule has 1 unspecified atom stereocenters. The number of aryl methyl sites for hydroxylation is 1. The first-order chi connectivity index (χ1) is 10.6. The second-order valence-electron chi connectivity index (χ2n) is 6.28. The zero-order valence-electron chi connectivity index (χ0n) is 13.9. The highest BCUT2D eigenvalue weighted by Gasteiger charge is 2.24. The molecule has 2 aromatic rings. The zero-order chi connectivity index (χ0) is 16.0. The molecule has 0 amide bonds. The van der Waals surface area contributed by atoms with Crippen LogP contribution in [0.2, 0.25) is 0 Å². The van der Waals surface area contributed by atoms with E-state index in [4.69, 9.17) is 10.5 Å². The Morgan fingerprint density at radius 1 is 1.00 bits per heavy atom. The molecule has 2 nitrogen and oxygen atoms in total. The van der Waals surface area contributed by atoms with Gasteiger partial charge in [-0.05, 0) is 49.4 Å². The number of benzene rings is 2. The molecular formula is C20H27NO. The topological polar surface area (TPSA) is 35.2 Å². The maximum atomic E-state index is 6.04. The van der Waals surface area contributed by atoms with Crippen molar-refractivity contribution in [3.8, 4) is 5.75 Å². The molecule has 22 heavy (non-hydrogen) atoms. The Bertz CT molecular complexity index is 594. The maximum Gasteiger partial charge on any atom is 0.122 e. The molecule has 0 fully saturated rings. The Morgan fingerprint density at radius 2 is 1.73 bits per heavy atom. The van der Waals surface area contributed by atoms with Crippen molar-refractivity contribution in [3.63, 3.8) is 0 Å². The molecule has 0 aliphatic rings. The van der Waals surface area contributed by atoms with E-state index in [0.29, 0.717) is 6.54 Å². The molecule has 0 aliphatic carbocycles. The normalized spacial score (nSPS) is 13.6. The fourth-order valence-corrected chi connectivity index (χ4v) is 2.73. The van der Waals surface area contributed by atoms with Crippen LogP contribution in [0.4, 0.5) is 0 Å². The van der Waals surface area contributed by atoms with Crippen LogP contribution in [0.25, 0.3) is 0 Å². The summed E-state index contributed by atoms with van der Waals surface area (Å²) in [5, 5.41) is 0. The van der Waals surface area contributed by atoms with E-state index in [1.165, 1.54) is 16.7 Å². The molecule has 0 aromatic heterocycles. The van der Waals surface area contributed by atoms with Crippen LogP contribution in [0.15, 0.2) is 48.5 Å². The summed E-state index contributed by atoms with van der Waals surface area (Å²) in [6.45, 7) is 7.84. The fourth-order valence-electron chi connectivity index (χ4n) is 2.73. The zero-order valence-corrected chi connectivity index (χ0v) is 13.9. The van der Waals surface area contributed by atoms with Crippen molar-refractivity contribution in [2.45, 2.75) is 39.0 Å². The number of nitrogens with two attached hydrogens (primary N) is 1. The van der Waals surface area contributed by atoms with Crippen molar-refractivity contribution in [3.05, 3.63) is 65.2 Å². The van der Waals surface area contributed by atoms with Crippen molar-refractivity contribution in [2.24, 2.45) is 5.73 Å². The molecule has 118 valence electrons. The van der Waals surface area contributed by atoms with Crippen molar-refractivity contribution in [1.29, 1.82) is 0 Å². The molecule has 0 aliphatic heterocycles. The van der Waals surface area contributed by atoms with Gasteiger partial charge in [-0.1, -0.05) is 49.4 Å². The summed E-state index contributed by atoms with van der Waals surface area (Å²) in [4.78, 5) is 0. The maximum absolute atomic E-state index is 6.04. The van der Waals surface area contributed by atoms with E-state index in [2.05, 4.69) is 51.1 Å². The predicted molar refractivity (Wildman–Crippen MR) is 93.5 cm³/mol. The highest BCUT2D eigenvalue weighted by atomic mass is 16.5. The summed E-state index contributed by atoms with van der Waals surface area (Å²) < 4.78 is 5.95. The molecule has 0 bridgehead atoms. The van der Waals surface area contributed by atoms with Crippen molar-refractivity contribution in [1.82, 2.24) is 0 Å². The van der Waals surface area contributed by atoms with Gasteiger partial charge in [0.15, 0.2) is 0 Å². The molecule has 2 N–H and O–H groups in total. The lowest BCUT2D eigenvalue weighted by Crippen LogP contribution is -2.32. The first-order valence-electron chi connectivity index (χ1n) is 8.01. The molecule has 0 heterocycles. The molecular weight excluding hydrogens is 270 g/mol. The second kappa shape index (κ2) is 7.46. The van der Waals surface area contributed by atoms with E-state index in [9.17, 15) is 0 Å². The fraction of sp³-hybridized carbons (Fsp3) is 0.400. The molecule has 2 aromatic carbocycles. The second-order valence-corrected chi connectivity index (χ2v) is 6.28. The lowest BCUT2D eigenvalue weighted by Gasteiger charge is -2.28. The third-order valence-electron chi connectivity index (χ3n) is 4.61. The summed E-state index contributed by atoms with van der Waals surface area (Å²) in [5.74, 6) is 0.995. The van der Waals surface area contributed by atoms with Gasteiger partial charge < -0.3 is 10.5 Å². The monoisotopic (exact) mass is 297 g/mol. The Balaban J connectivity index is 1.91. The minimum absolute atomic E-state index is 0.0201. The van der Waals surface area contributed by atoms with Gasteiger partial charge in [-0.3, -0.25) is 0 Å². The van der Waals surface area contributed by atoms with Gasteiger partial charge >= 0.3 is 0 Å². The van der Waals surface area contributed by atoms with E-state index in [1.54, 1.807) is 0 Å². The standard InChI is InChI=1S/C20H27NO/c1-16-9-7-12-19(17(16)2)22-14-8-13-20(3,15-21)18-10-5-4-6-11-18/h4-7,9-12H,8,13-15,21H2,1-3H3. The van der Waals surface area contributed by atoms with Crippen LogP contribution < -0.4 is 10.5 Å². The molecule has 2 rings (SSSR count). The molecule has 0 radical (unpaired) electrons. The number of ether oxygens (including phenoxy) is 1. The number of hydrogen-bond donors (Lipinski definition) is 1. The number of hydrogen-bond acceptors (Lipinski definition) is 2. The minimum atomic E-state index is 0.0201. The van der Waals surface area contributed by atoms with Crippen LogP contribution in [0, 0.1) is 13.8 Å². The summed E-state index contributed by atoms with van der Waals surface area (Å²) >= 11 is 0. The Labute approximate surface area is 134 Å². The molecule has 0 spiro atoms. The third kappa shape index (κ3) is 3.89. The van der Waals surface area contributed by atoms with Crippen LogP contribution in [-0.2, 0) is 5.41 Å². The highest BCUT2D eigenvalue weighted by molar-refractivity contribution is 5.38. The van der Waals surface area contributed by atoms with E-state index < -0.39 is 0 Å². The van der Waals surface area contributed by atoms with E-state index in [1.807, 2.05) is 18.2 Å². The van der Waals surface area contributed by atoms with E-state index >= 15 is 0 Å². The van der Waals surface area contributed by atoms with Crippen molar-refractivity contribution < 1.29 is 4.74 Å². The van der Waals surface area contributed by atoms with Crippen molar-refractivity contribution >= 4 is 0 Å². The molecule has 0 saturated carbocycles. The summed E-state index contributed by atoms with van der Waals surface area (Å²) in [7, 11) is 0. The van der Waals surface area contributed by atoms with Crippen LogP contribution >= 0.6 is 0 Å². The van der Waals surface area contributed by atoms with Crippen molar-refractivity contribution in [2.75, 3.05) is 13.2 Å². The minimum Gasteiger partial charge on any atom is -0.493 e. The molecule has 1 atom stereocenters. The predicted octanol–water partition coefficient (Wildman–Crippen LogP) is 4.38. The van der Waals surface area contributed by atoms with Crippen LogP contribution in [-0.4, -0.2) is 13.2 Å². The summed E-state index contributed by atoms with van der Waals surface area (Å²) in [6, 6.07) is 16.7. The first-order valence-corrected chi connectivity index (χ1v) is 8.01. The lowest BCUT2D eigenvalue weighted by atomic mass is 9.79. The highest BCUT2D eigenvalue weighted by Crippen LogP contribution is 2.28. The molecule has 2 heteroatoms. The van der Waals surface area contributed by atoms with Crippen LogP contribution in [0.5, 0.6) is 5.75 Å². The SMILES string of the molecule is Cc1cccc(OCCCC(C)(CN)c2ccccc2)c1C. The average Bonchev–Trinajstić information content (AvgIpc) is 2.56. The quantitative estimate of drug-likeness (QED) is 0.770. The van der Waals surface area contributed by atoms with Gasteiger partial charge in [0.1, 0.15) is 5.75 Å². The van der Waals surface area contributed by atoms with Crippen LogP contribution in [0.1, 0.15) is 36.5 Å². The Morgan fingerprint density at radius 3 is 2.41 bits per heavy atom. The number of rotatable bonds is 7. The summed E-state index contributed by atoms with van der Waals surface area (Å²) in [6.07, 6.45) is 2.02. The summed E-state index contributed by atoms with van der Waals surface area (Å²) in [5.41, 5.74) is 9.87. The largest absolute Gasteiger partial charge is 0.493 e. The van der Waals surface area contributed by atoms with Gasteiger partial charge in [0.05, 0.1) is 6.61 Å². The first kappa shape index (κ1) is 16.6. The average molecular weight is 297 g/mol. The van der Waals surface area contributed by atoms with Gasteiger partial charge in [0.2, 0.25) is 0 Å². The van der Waals surface area contributed by atoms with Crippen LogP contribution in [0.3, 0.4) is 0 Å².